The standard InChI is InChI=1S/C15H19FN2O/c1-2-18-14(11-17-5-7-19-8-6-17)10-12-9-13(16)3-4-15(12)18/h3-4,9-10H,2,5-8,11H2,1H3. The van der Waals surface area contributed by atoms with E-state index < -0.39 is 0 Å². The molecule has 2 heterocycles. The molecule has 0 amide bonds. The van der Waals surface area contributed by atoms with Crippen molar-refractivity contribution in [2.24, 2.45) is 0 Å². The lowest BCUT2D eigenvalue weighted by Gasteiger charge is -2.26. The van der Waals surface area contributed by atoms with Crippen molar-refractivity contribution in [3.8, 4) is 0 Å². The van der Waals surface area contributed by atoms with Gasteiger partial charge in [0.05, 0.1) is 13.2 Å². The molecular weight excluding hydrogens is 243 g/mol. The van der Waals surface area contributed by atoms with Crippen LogP contribution in [0.5, 0.6) is 0 Å². The molecular formula is C15H19FN2O. The van der Waals surface area contributed by atoms with E-state index in [0.29, 0.717) is 0 Å². The highest BCUT2D eigenvalue weighted by Crippen LogP contribution is 2.22. The summed E-state index contributed by atoms with van der Waals surface area (Å²) < 4.78 is 20.9. The summed E-state index contributed by atoms with van der Waals surface area (Å²) in [4.78, 5) is 2.39. The second-order valence-electron chi connectivity index (χ2n) is 4.97. The van der Waals surface area contributed by atoms with Gasteiger partial charge in [0.2, 0.25) is 0 Å². The summed E-state index contributed by atoms with van der Waals surface area (Å²) >= 11 is 0. The van der Waals surface area contributed by atoms with Gasteiger partial charge >= 0.3 is 0 Å². The molecule has 3 rings (SSSR count). The molecule has 1 aliphatic heterocycles. The lowest BCUT2D eigenvalue weighted by atomic mass is 10.2. The molecule has 4 heteroatoms. The van der Waals surface area contributed by atoms with Crippen LogP contribution in [0.3, 0.4) is 0 Å². The summed E-state index contributed by atoms with van der Waals surface area (Å²) in [6, 6.07) is 7.13. The van der Waals surface area contributed by atoms with Gasteiger partial charge in [0, 0.05) is 42.8 Å². The molecule has 0 N–H and O–H groups in total. The third-order valence-corrected chi connectivity index (χ3v) is 3.75. The third-order valence-electron chi connectivity index (χ3n) is 3.75. The van der Waals surface area contributed by atoms with Gasteiger partial charge in [0.15, 0.2) is 0 Å². The van der Waals surface area contributed by atoms with E-state index in [1.54, 1.807) is 6.07 Å². The highest BCUT2D eigenvalue weighted by atomic mass is 19.1. The van der Waals surface area contributed by atoms with Gasteiger partial charge in [0.25, 0.3) is 0 Å². The largest absolute Gasteiger partial charge is 0.379 e. The summed E-state index contributed by atoms with van der Waals surface area (Å²) in [5, 5.41) is 0.991. The van der Waals surface area contributed by atoms with E-state index in [-0.39, 0.29) is 5.82 Å². The van der Waals surface area contributed by atoms with Gasteiger partial charge in [-0.05, 0) is 31.2 Å². The van der Waals surface area contributed by atoms with Gasteiger partial charge < -0.3 is 9.30 Å². The number of fused-ring (bicyclic) bond motifs is 1. The fourth-order valence-electron chi connectivity index (χ4n) is 2.79. The van der Waals surface area contributed by atoms with Crippen LogP contribution in [0.25, 0.3) is 10.9 Å². The number of hydrogen-bond acceptors (Lipinski definition) is 2. The molecule has 0 bridgehead atoms. The van der Waals surface area contributed by atoms with E-state index in [4.69, 9.17) is 4.74 Å². The molecule has 0 radical (unpaired) electrons. The second-order valence-corrected chi connectivity index (χ2v) is 4.97. The monoisotopic (exact) mass is 262 g/mol. The van der Waals surface area contributed by atoms with E-state index in [1.807, 2.05) is 6.07 Å². The molecule has 0 aliphatic carbocycles. The van der Waals surface area contributed by atoms with Crippen LogP contribution in [0.15, 0.2) is 24.3 Å². The average Bonchev–Trinajstić information content (AvgIpc) is 2.76. The highest BCUT2D eigenvalue weighted by molar-refractivity contribution is 5.81. The highest BCUT2D eigenvalue weighted by Gasteiger charge is 2.14. The van der Waals surface area contributed by atoms with Crippen LogP contribution in [0.2, 0.25) is 0 Å². The number of ether oxygens (including phenoxy) is 1. The first-order valence-corrected chi connectivity index (χ1v) is 6.85. The zero-order valence-corrected chi connectivity index (χ0v) is 11.2. The molecule has 0 spiro atoms. The van der Waals surface area contributed by atoms with Crippen molar-refractivity contribution >= 4 is 10.9 Å². The van der Waals surface area contributed by atoms with Gasteiger partial charge in [-0.25, -0.2) is 4.39 Å². The lowest BCUT2D eigenvalue weighted by Crippen LogP contribution is -2.36. The zero-order chi connectivity index (χ0) is 13.2. The van der Waals surface area contributed by atoms with Crippen molar-refractivity contribution in [3.63, 3.8) is 0 Å². The van der Waals surface area contributed by atoms with Gasteiger partial charge in [-0.3, -0.25) is 4.90 Å². The third kappa shape index (κ3) is 2.51. The maximum atomic E-state index is 13.3. The molecule has 1 aromatic carbocycles. The van der Waals surface area contributed by atoms with Crippen LogP contribution < -0.4 is 0 Å². The maximum absolute atomic E-state index is 13.3. The van der Waals surface area contributed by atoms with Crippen molar-refractivity contribution < 1.29 is 9.13 Å². The molecule has 19 heavy (non-hydrogen) atoms. The summed E-state index contributed by atoms with van der Waals surface area (Å²) in [6.45, 7) is 7.51. The molecule has 0 saturated carbocycles. The second kappa shape index (κ2) is 5.31. The van der Waals surface area contributed by atoms with E-state index >= 15 is 0 Å². The number of hydrogen-bond donors (Lipinski definition) is 0. The van der Waals surface area contributed by atoms with Crippen LogP contribution in [0.4, 0.5) is 4.39 Å². The first kappa shape index (κ1) is 12.6. The SMILES string of the molecule is CCn1c(CN2CCOCC2)cc2cc(F)ccc21. The Bertz CT molecular complexity index is 573. The number of halogens is 1. The molecule has 0 atom stereocenters. The number of aromatic nitrogens is 1. The smallest absolute Gasteiger partial charge is 0.123 e. The van der Waals surface area contributed by atoms with E-state index in [2.05, 4.69) is 22.5 Å². The predicted molar refractivity (Wildman–Crippen MR) is 73.7 cm³/mol. The van der Waals surface area contributed by atoms with Crippen LogP contribution >= 0.6 is 0 Å². The van der Waals surface area contributed by atoms with Crippen LogP contribution in [0.1, 0.15) is 12.6 Å². The minimum absolute atomic E-state index is 0.168. The minimum atomic E-state index is -0.168. The molecule has 2 aromatic rings. The minimum Gasteiger partial charge on any atom is -0.379 e. The Morgan fingerprint density at radius 2 is 2.00 bits per heavy atom. The Labute approximate surface area is 112 Å². The normalized spacial score (nSPS) is 17.2. The Kier molecular flexibility index (Phi) is 3.53. The Balaban J connectivity index is 1.93. The van der Waals surface area contributed by atoms with Crippen molar-refractivity contribution in [1.29, 1.82) is 0 Å². The number of benzene rings is 1. The molecule has 1 aliphatic rings. The number of aryl methyl sites for hydroxylation is 1. The van der Waals surface area contributed by atoms with Gasteiger partial charge in [0.1, 0.15) is 5.82 Å². The van der Waals surface area contributed by atoms with Crippen LogP contribution in [-0.2, 0) is 17.8 Å². The van der Waals surface area contributed by atoms with Crippen molar-refractivity contribution in [2.75, 3.05) is 26.3 Å². The van der Waals surface area contributed by atoms with Crippen molar-refractivity contribution in [2.45, 2.75) is 20.0 Å². The fourth-order valence-corrected chi connectivity index (χ4v) is 2.79. The molecule has 1 aromatic heterocycles. The topological polar surface area (TPSA) is 17.4 Å². The lowest BCUT2D eigenvalue weighted by molar-refractivity contribution is 0.0332. The van der Waals surface area contributed by atoms with E-state index in [0.717, 1.165) is 50.3 Å². The Morgan fingerprint density at radius 1 is 1.21 bits per heavy atom. The Hall–Kier alpha value is -1.39. The number of morpholine rings is 1. The van der Waals surface area contributed by atoms with Gasteiger partial charge in [-0.15, -0.1) is 0 Å². The molecule has 3 nitrogen and oxygen atoms in total. The van der Waals surface area contributed by atoms with Crippen LogP contribution in [0, 0.1) is 5.82 Å². The molecule has 0 unspecified atom stereocenters. The van der Waals surface area contributed by atoms with E-state index in [9.17, 15) is 4.39 Å². The number of nitrogens with zero attached hydrogens (tertiary/aromatic N) is 2. The first-order valence-electron chi connectivity index (χ1n) is 6.85. The van der Waals surface area contributed by atoms with E-state index in [1.165, 1.54) is 11.8 Å². The average molecular weight is 262 g/mol. The summed E-state index contributed by atoms with van der Waals surface area (Å²) in [5.41, 5.74) is 2.37. The summed E-state index contributed by atoms with van der Waals surface area (Å²) in [6.07, 6.45) is 0. The molecule has 102 valence electrons. The van der Waals surface area contributed by atoms with Gasteiger partial charge in [-0.1, -0.05) is 0 Å². The van der Waals surface area contributed by atoms with Crippen LogP contribution in [-0.4, -0.2) is 35.8 Å². The maximum Gasteiger partial charge on any atom is 0.123 e. The molecule has 1 saturated heterocycles. The van der Waals surface area contributed by atoms with Crippen molar-refractivity contribution in [3.05, 3.63) is 35.8 Å². The summed E-state index contributed by atoms with van der Waals surface area (Å²) in [5.74, 6) is -0.168. The molecule has 1 fully saturated rings. The predicted octanol–water partition coefficient (Wildman–Crippen LogP) is 2.63. The Morgan fingerprint density at radius 3 is 2.74 bits per heavy atom. The summed E-state index contributed by atoms with van der Waals surface area (Å²) in [7, 11) is 0. The first-order chi connectivity index (χ1) is 9.28. The zero-order valence-electron chi connectivity index (χ0n) is 11.2. The van der Waals surface area contributed by atoms with Gasteiger partial charge in [-0.2, -0.15) is 0 Å². The quantitative estimate of drug-likeness (QED) is 0.846. The number of rotatable bonds is 3. The van der Waals surface area contributed by atoms with Crippen molar-refractivity contribution in [1.82, 2.24) is 9.47 Å². The fraction of sp³-hybridized carbons (Fsp3) is 0.467.